The quantitative estimate of drug-likeness (QED) is 0.783. The predicted molar refractivity (Wildman–Crippen MR) is 62.5 cm³/mol. The molecular formula is C9H10BrFN4O2. The highest BCUT2D eigenvalue weighted by atomic mass is 79.9. The van der Waals surface area contributed by atoms with Crippen molar-refractivity contribution in [2.45, 2.75) is 0 Å². The van der Waals surface area contributed by atoms with Crippen molar-refractivity contribution < 1.29 is 14.0 Å². The Morgan fingerprint density at radius 1 is 1.35 bits per heavy atom. The summed E-state index contributed by atoms with van der Waals surface area (Å²) >= 11 is 3.04. The first kappa shape index (κ1) is 13.4. The molecule has 2 amide bonds. The van der Waals surface area contributed by atoms with E-state index in [-0.39, 0.29) is 18.9 Å². The maximum absolute atomic E-state index is 13.6. The molecule has 0 bridgehead atoms. The molecule has 6 nitrogen and oxygen atoms in total. The largest absolute Gasteiger partial charge is 0.368 e. The van der Waals surface area contributed by atoms with E-state index >= 15 is 0 Å². The normalized spacial score (nSPS) is 10.0. The van der Waals surface area contributed by atoms with Crippen molar-refractivity contribution in [3.05, 3.63) is 22.6 Å². The molecule has 0 saturated carbocycles. The second-order valence-corrected chi connectivity index (χ2v) is 4.16. The highest BCUT2D eigenvalue weighted by molar-refractivity contribution is 9.10. The number of primary amides is 2. The van der Waals surface area contributed by atoms with Crippen LogP contribution in [0.15, 0.2) is 16.7 Å². The molecule has 0 unspecified atom stereocenters. The molecule has 1 aromatic heterocycles. The van der Waals surface area contributed by atoms with Crippen molar-refractivity contribution in [3.63, 3.8) is 0 Å². The molecule has 0 atom stereocenters. The third-order valence-corrected chi connectivity index (χ3v) is 2.21. The van der Waals surface area contributed by atoms with Crippen LogP contribution in [0.5, 0.6) is 0 Å². The molecule has 1 heterocycles. The van der Waals surface area contributed by atoms with Gasteiger partial charge in [0.2, 0.25) is 11.8 Å². The molecule has 8 heteroatoms. The van der Waals surface area contributed by atoms with Gasteiger partial charge in [0.15, 0.2) is 11.6 Å². The Bertz CT molecular complexity index is 439. The Kier molecular flexibility index (Phi) is 4.38. The number of hydrogen-bond donors (Lipinski definition) is 2. The summed E-state index contributed by atoms with van der Waals surface area (Å²) in [6.07, 6.45) is 1.34. The molecule has 0 aromatic carbocycles. The number of carbonyl (C=O) groups excluding carboxylic acids is 2. The molecule has 0 spiro atoms. The third kappa shape index (κ3) is 3.99. The van der Waals surface area contributed by atoms with Gasteiger partial charge in [0.1, 0.15) is 0 Å². The summed E-state index contributed by atoms with van der Waals surface area (Å²) in [7, 11) is 0. The lowest BCUT2D eigenvalue weighted by atomic mass is 10.3. The van der Waals surface area contributed by atoms with Crippen molar-refractivity contribution in [3.8, 4) is 0 Å². The Morgan fingerprint density at radius 3 is 2.29 bits per heavy atom. The topological polar surface area (TPSA) is 102 Å². The van der Waals surface area contributed by atoms with Crippen molar-refractivity contribution in [1.82, 2.24) is 4.98 Å². The standard InChI is InChI=1S/C9H10BrFN4O2/c10-5-1-6(11)9(14-2-5)15(3-7(12)16)4-8(13)17/h1-2H,3-4H2,(H2,12,16)(H2,13,17). The second kappa shape index (κ2) is 5.58. The number of rotatable bonds is 5. The first-order chi connectivity index (χ1) is 7.90. The maximum Gasteiger partial charge on any atom is 0.237 e. The Labute approximate surface area is 105 Å². The number of anilines is 1. The number of halogens is 2. The summed E-state index contributed by atoms with van der Waals surface area (Å²) in [5, 5.41) is 0. The van der Waals surface area contributed by atoms with E-state index in [0.717, 1.165) is 11.0 Å². The number of hydrogen-bond acceptors (Lipinski definition) is 4. The zero-order chi connectivity index (χ0) is 13.0. The van der Waals surface area contributed by atoms with Crippen molar-refractivity contribution >= 4 is 33.6 Å². The van der Waals surface area contributed by atoms with Crippen LogP contribution in [-0.2, 0) is 9.59 Å². The van der Waals surface area contributed by atoms with Gasteiger partial charge >= 0.3 is 0 Å². The number of amides is 2. The monoisotopic (exact) mass is 304 g/mol. The lowest BCUT2D eigenvalue weighted by Gasteiger charge is -2.20. The SMILES string of the molecule is NC(=O)CN(CC(N)=O)c1ncc(Br)cc1F. The van der Waals surface area contributed by atoms with Crippen LogP contribution < -0.4 is 16.4 Å². The van der Waals surface area contributed by atoms with E-state index in [2.05, 4.69) is 20.9 Å². The molecule has 0 saturated heterocycles. The molecule has 1 aromatic rings. The summed E-state index contributed by atoms with van der Waals surface area (Å²) in [4.78, 5) is 26.5. The minimum Gasteiger partial charge on any atom is -0.368 e. The van der Waals surface area contributed by atoms with Crippen LogP contribution in [0, 0.1) is 5.82 Å². The summed E-state index contributed by atoms with van der Waals surface area (Å²) < 4.78 is 14.0. The maximum atomic E-state index is 13.6. The molecule has 0 fully saturated rings. The molecule has 4 N–H and O–H groups in total. The van der Waals surface area contributed by atoms with E-state index in [0.29, 0.717) is 4.47 Å². The summed E-state index contributed by atoms with van der Waals surface area (Å²) in [6.45, 7) is -0.678. The molecular weight excluding hydrogens is 295 g/mol. The van der Waals surface area contributed by atoms with Gasteiger partial charge in [0, 0.05) is 10.7 Å². The molecule has 0 aliphatic heterocycles. The zero-order valence-corrected chi connectivity index (χ0v) is 10.3. The minimum atomic E-state index is -0.713. The third-order valence-electron chi connectivity index (χ3n) is 1.78. The van der Waals surface area contributed by atoms with Crippen LogP contribution in [0.4, 0.5) is 10.2 Å². The van der Waals surface area contributed by atoms with Crippen molar-refractivity contribution in [2.75, 3.05) is 18.0 Å². The first-order valence-electron chi connectivity index (χ1n) is 4.52. The molecule has 17 heavy (non-hydrogen) atoms. The van der Waals surface area contributed by atoms with E-state index in [9.17, 15) is 14.0 Å². The minimum absolute atomic E-state index is 0.147. The van der Waals surface area contributed by atoms with Gasteiger partial charge in [0.25, 0.3) is 0 Å². The Hall–Kier alpha value is -1.70. The summed E-state index contributed by atoms with van der Waals surface area (Å²) in [5.74, 6) is -2.25. The van der Waals surface area contributed by atoms with Crippen LogP contribution in [-0.4, -0.2) is 29.9 Å². The van der Waals surface area contributed by atoms with Gasteiger partial charge < -0.3 is 16.4 Å². The van der Waals surface area contributed by atoms with E-state index in [1.54, 1.807) is 0 Å². The van der Waals surface area contributed by atoms with Crippen molar-refractivity contribution in [2.24, 2.45) is 11.5 Å². The zero-order valence-electron chi connectivity index (χ0n) is 8.69. The fourth-order valence-electron chi connectivity index (χ4n) is 1.22. The first-order valence-corrected chi connectivity index (χ1v) is 5.32. The highest BCUT2D eigenvalue weighted by Gasteiger charge is 2.17. The summed E-state index contributed by atoms with van der Waals surface area (Å²) in [5.41, 5.74) is 9.99. The van der Waals surface area contributed by atoms with E-state index in [1.807, 2.05) is 0 Å². The number of aromatic nitrogens is 1. The number of nitrogens with two attached hydrogens (primary N) is 2. The predicted octanol–water partition coefficient (Wildman–Crippen LogP) is -0.240. The number of pyridine rings is 1. The fourth-order valence-corrected chi connectivity index (χ4v) is 1.53. The van der Waals surface area contributed by atoms with E-state index in [4.69, 9.17) is 11.5 Å². The number of nitrogens with zero attached hydrogens (tertiary/aromatic N) is 2. The van der Waals surface area contributed by atoms with Crippen LogP contribution in [0.1, 0.15) is 0 Å². The average molecular weight is 305 g/mol. The molecule has 1 rings (SSSR count). The molecule has 0 aliphatic rings. The molecule has 0 radical (unpaired) electrons. The fraction of sp³-hybridized carbons (Fsp3) is 0.222. The van der Waals surface area contributed by atoms with Gasteiger partial charge in [-0.2, -0.15) is 0 Å². The number of carbonyl (C=O) groups is 2. The lowest BCUT2D eigenvalue weighted by molar-refractivity contribution is -0.117. The van der Waals surface area contributed by atoms with Crippen LogP contribution in [0.3, 0.4) is 0 Å². The van der Waals surface area contributed by atoms with Crippen LogP contribution >= 0.6 is 15.9 Å². The average Bonchev–Trinajstić information content (AvgIpc) is 2.14. The van der Waals surface area contributed by atoms with Gasteiger partial charge in [-0.05, 0) is 22.0 Å². The van der Waals surface area contributed by atoms with Crippen molar-refractivity contribution in [1.29, 1.82) is 0 Å². The smallest absolute Gasteiger partial charge is 0.237 e. The van der Waals surface area contributed by atoms with Gasteiger partial charge in [0.05, 0.1) is 13.1 Å². The Morgan fingerprint density at radius 2 is 1.88 bits per heavy atom. The van der Waals surface area contributed by atoms with Gasteiger partial charge in [-0.25, -0.2) is 9.37 Å². The molecule has 0 aliphatic carbocycles. The van der Waals surface area contributed by atoms with Crippen LogP contribution in [0.25, 0.3) is 0 Å². The van der Waals surface area contributed by atoms with Gasteiger partial charge in [-0.1, -0.05) is 0 Å². The Balaban J connectivity index is 3.02. The van der Waals surface area contributed by atoms with E-state index < -0.39 is 17.6 Å². The summed E-state index contributed by atoms with van der Waals surface area (Å²) in [6, 6.07) is 1.16. The van der Waals surface area contributed by atoms with Gasteiger partial charge in [-0.15, -0.1) is 0 Å². The lowest BCUT2D eigenvalue weighted by Crippen LogP contribution is -2.40. The molecule has 92 valence electrons. The van der Waals surface area contributed by atoms with E-state index in [1.165, 1.54) is 6.20 Å². The van der Waals surface area contributed by atoms with Gasteiger partial charge in [-0.3, -0.25) is 9.59 Å². The highest BCUT2D eigenvalue weighted by Crippen LogP contribution is 2.19. The second-order valence-electron chi connectivity index (χ2n) is 3.25. The van der Waals surface area contributed by atoms with Crippen LogP contribution in [0.2, 0.25) is 0 Å².